The number of amides is 2. The molecule has 0 spiro atoms. The molecule has 1 aliphatic rings. The van der Waals surface area contributed by atoms with E-state index in [-0.39, 0.29) is 11.8 Å². The van der Waals surface area contributed by atoms with Crippen molar-refractivity contribution in [1.29, 1.82) is 0 Å². The summed E-state index contributed by atoms with van der Waals surface area (Å²) in [6.45, 7) is 10.8. The van der Waals surface area contributed by atoms with Gasteiger partial charge in [-0.3, -0.25) is 9.59 Å². The van der Waals surface area contributed by atoms with Crippen LogP contribution in [0.25, 0.3) is 0 Å². The molecule has 144 valence electrons. The van der Waals surface area contributed by atoms with Crippen LogP contribution in [0.1, 0.15) is 43.4 Å². The van der Waals surface area contributed by atoms with E-state index in [0.717, 1.165) is 35.4 Å². The van der Waals surface area contributed by atoms with Gasteiger partial charge in [-0.1, -0.05) is 31.5 Å². The fourth-order valence-corrected chi connectivity index (χ4v) is 3.64. The summed E-state index contributed by atoms with van der Waals surface area (Å²) in [4.78, 5) is 28.9. The molecule has 0 aliphatic carbocycles. The highest BCUT2D eigenvalue weighted by atomic mass is 16.5. The maximum atomic E-state index is 12.8. The molecule has 0 N–H and O–H groups in total. The van der Waals surface area contributed by atoms with Gasteiger partial charge in [-0.05, 0) is 31.7 Å². The van der Waals surface area contributed by atoms with Crippen molar-refractivity contribution in [2.24, 2.45) is 5.92 Å². The van der Waals surface area contributed by atoms with Crippen LogP contribution >= 0.6 is 0 Å². The summed E-state index contributed by atoms with van der Waals surface area (Å²) in [5, 5.41) is 0. The zero-order valence-corrected chi connectivity index (χ0v) is 16.8. The van der Waals surface area contributed by atoms with Gasteiger partial charge in [-0.15, -0.1) is 0 Å². The lowest BCUT2D eigenvalue weighted by Gasteiger charge is -2.23. The standard InChI is InChI=1S/C21H32N2O3/c1-15(2)11-19(24)22-7-6-8-23(10-9-22)20(25)14-18-13-16(3)12-17(4)21(18)26-5/h12-13,15H,6-11,14H2,1-5H3. The average molecular weight is 360 g/mol. The largest absolute Gasteiger partial charge is 0.496 e. The average Bonchev–Trinajstić information content (AvgIpc) is 2.80. The van der Waals surface area contributed by atoms with E-state index >= 15 is 0 Å². The van der Waals surface area contributed by atoms with Gasteiger partial charge in [0, 0.05) is 38.2 Å². The van der Waals surface area contributed by atoms with Crippen molar-refractivity contribution in [3.63, 3.8) is 0 Å². The maximum absolute atomic E-state index is 12.8. The first-order valence-electron chi connectivity index (χ1n) is 9.51. The van der Waals surface area contributed by atoms with Crippen LogP contribution in [0.4, 0.5) is 0 Å². The number of carbonyl (C=O) groups excluding carboxylic acids is 2. The molecule has 1 fully saturated rings. The van der Waals surface area contributed by atoms with E-state index in [9.17, 15) is 9.59 Å². The minimum absolute atomic E-state index is 0.103. The Kier molecular flexibility index (Phi) is 7.06. The monoisotopic (exact) mass is 360 g/mol. The number of hydrogen-bond donors (Lipinski definition) is 0. The molecule has 1 aliphatic heterocycles. The second-order valence-corrected chi connectivity index (χ2v) is 7.66. The zero-order valence-electron chi connectivity index (χ0n) is 16.8. The Labute approximate surface area is 157 Å². The molecule has 0 radical (unpaired) electrons. The number of carbonyl (C=O) groups is 2. The number of nitrogens with zero attached hydrogens (tertiary/aromatic N) is 2. The van der Waals surface area contributed by atoms with Crippen LogP contribution in [0.5, 0.6) is 5.75 Å². The van der Waals surface area contributed by atoms with E-state index < -0.39 is 0 Å². The molecule has 0 saturated carbocycles. The molecule has 2 amide bonds. The number of ether oxygens (including phenoxy) is 1. The number of hydrogen-bond acceptors (Lipinski definition) is 3. The Morgan fingerprint density at radius 3 is 2.23 bits per heavy atom. The second kappa shape index (κ2) is 9.06. The molecule has 0 atom stereocenters. The summed E-state index contributed by atoms with van der Waals surface area (Å²) in [5.74, 6) is 1.46. The van der Waals surface area contributed by atoms with Crippen molar-refractivity contribution in [2.75, 3.05) is 33.3 Å². The first kappa shape index (κ1) is 20.3. The van der Waals surface area contributed by atoms with Crippen LogP contribution in [0.3, 0.4) is 0 Å². The summed E-state index contributed by atoms with van der Waals surface area (Å²) in [6, 6.07) is 4.09. The fourth-order valence-electron chi connectivity index (χ4n) is 3.64. The number of rotatable bonds is 5. The highest BCUT2D eigenvalue weighted by molar-refractivity contribution is 5.80. The van der Waals surface area contributed by atoms with E-state index in [0.29, 0.717) is 38.4 Å². The van der Waals surface area contributed by atoms with Gasteiger partial charge in [0.1, 0.15) is 5.75 Å². The molecule has 2 rings (SSSR count). The predicted molar refractivity (Wildman–Crippen MR) is 103 cm³/mol. The first-order chi connectivity index (χ1) is 12.3. The van der Waals surface area contributed by atoms with Crippen LogP contribution in [0.2, 0.25) is 0 Å². The zero-order chi connectivity index (χ0) is 19.3. The van der Waals surface area contributed by atoms with Crippen molar-refractivity contribution in [3.05, 3.63) is 28.8 Å². The molecule has 1 aromatic carbocycles. The van der Waals surface area contributed by atoms with Crippen LogP contribution in [0, 0.1) is 19.8 Å². The van der Waals surface area contributed by atoms with Gasteiger partial charge in [0.2, 0.25) is 11.8 Å². The van der Waals surface area contributed by atoms with Crippen LogP contribution in [-0.2, 0) is 16.0 Å². The normalized spacial score (nSPS) is 15.2. The summed E-state index contributed by atoms with van der Waals surface area (Å²) < 4.78 is 5.51. The van der Waals surface area contributed by atoms with E-state index in [2.05, 4.69) is 19.9 Å². The van der Waals surface area contributed by atoms with Crippen molar-refractivity contribution >= 4 is 11.8 Å². The van der Waals surface area contributed by atoms with Gasteiger partial charge in [0.05, 0.1) is 13.5 Å². The van der Waals surface area contributed by atoms with E-state index in [1.807, 2.05) is 29.7 Å². The maximum Gasteiger partial charge on any atom is 0.227 e. The Morgan fingerprint density at radius 1 is 1.04 bits per heavy atom. The van der Waals surface area contributed by atoms with Crippen LogP contribution < -0.4 is 4.74 Å². The lowest BCUT2D eigenvalue weighted by Crippen LogP contribution is -2.38. The van der Waals surface area contributed by atoms with Crippen molar-refractivity contribution in [2.45, 2.75) is 47.0 Å². The van der Waals surface area contributed by atoms with Crippen LogP contribution in [0.15, 0.2) is 12.1 Å². The Balaban J connectivity index is 2.02. The Hall–Kier alpha value is -2.04. The first-order valence-corrected chi connectivity index (χ1v) is 9.51. The molecular weight excluding hydrogens is 328 g/mol. The molecule has 0 aromatic heterocycles. The Morgan fingerprint density at radius 2 is 1.65 bits per heavy atom. The summed E-state index contributed by atoms with van der Waals surface area (Å²) in [6.07, 6.45) is 1.75. The van der Waals surface area contributed by atoms with Gasteiger partial charge in [-0.25, -0.2) is 0 Å². The topological polar surface area (TPSA) is 49.9 Å². The molecule has 5 nitrogen and oxygen atoms in total. The number of methoxy groups -OCH3 is 1. The molecule has 1 aromatic rings. The van der Waals surface area contributed by atoms with E-state index in [1.54, 1.807) is 7.11 Å². The summed E-state index contributed by atoms with van der Waals surface area (Å²) >= 11 is 0. The van der Waals surface area contributed by atoms with Crippen molar-refractivity contribution in [1.82, 2.24) is 9.80 Å². The van der Waals surface area contributed by atoms with E-state index in [1.165, 1.54) is 0 Å². The molecule has 0 unspecified atom stereocenters. The third-order valence-corrected chi connectivity index (χ3v) is 4.83. The van der Waals surface area contributed by atoms with Gasteiger partial charge >= 0.3 is 0 Å². The smallest absolute Gasteiger partial charge is 0.227 e. The number of benzene rings is 1. The van der Waals surface area contributed by atoms with Crippen molar-refractivity contribution in [3.8, 4) is 5.75 Å². The molecular formula is C21H32N2O3. The molecule has 1 saturated heterocycles. The third-order valence-electron chi connectivity index (χ3n) is 4.83. The quantitative estimate of drug-likeness (QED) is 0.811. The lowest BCUT2D eigenvalue weighted by atomic mass is 10.0. The molecule has 5 heteroatoms. The van der Waals surface area contributed by atoms with E-state index in [4.69, 9.17) is 4.74 Å². The molecule has 26 heavy (non-hydrogen) atoms. The summed E-state index contributed by atoms with van der Waals surface area (Å²) in [7, 11) is 1.65. The second-order valence-electron chi connectivity index (χ2n) is 7.66. The molecule has 1 heterocycles. The highest BCUT2D eigenvalue weighted by Crippen LogP contribution is 2.26. The van der Waals surface area contributed by atoms with Gasteiger partial charge in [0.25, 0.3) is 0 Å². The van der Waals surface area contributed by atoms with Gasteiger partial charge in [0.15, 0.2) is 0 Å². The third kappa shape index (κ3) is 5.23. The van der Waals surface area contributed by atoms with Gasteiger partial charge < -0.3 is 14.5 Å². The highest BCUT2D eigenvalue weighted by Gasteiger charge is 2.23. The van der Waals surface area contributed by atoms with Crippen LogP contribution in [-0.4, -0.2) is 54.9 Å². The Bertz CT molecular complexity index is 655. The fraction of sp³-hybridized carbons (Fsp3) is 0.619. The number of aryl methyl sites for hydroxylation is 2. The predicted octanol–water partition coefficient (Wildman–Crippen LogP) is 2.96. The van der Waals surface area contributed by atoms with Gasteiger partial charge in [-0.2, -0.15) is 0 Å². The lowest BCUT2D eigenvalue weighted by molar-refractivity contribution is -0.133. The summed E-state index contributed by atoms with van der Waals surface area (Å²) in [5.41, 5.74) is 3.12. The SMILES string of the molecule is COc1c(C)cc(C)cc1CC(=O)N1CCCN(C(=O)CC(C)C)CC1. The van der Waals surface area contributed by atoms with Crippen molar-refractivity contribution < 1.29 is 14.3 Å². The molecule has 0 bridgehead atoms. The minimum atomic E-state index is 0.103. The minimum Gasteiger partial charge on any atom is -0.496 e.